The summed E-state index contributed by atoms with van der Waals surface area (Å²) in [6.45, 7) is 3.52. The summed E-state index contributed by atoms with van der Waals surface area (Å²) < 4.78 is 21.0. The van der Waals surface area contributed by atoms with Crippen molar-refractivity contribution in [1.29, 1.82) is 0 Å². The molecule has 0 spiro atoms. The Labute approximate surface area is 187 Å². The van der Waals surface area contributed by atoms with E-state index in [-0.39, 0.29) is 40.9 Å². The van der Waals surface area contributed by atoms with Gasteiger partial charge in [-0.2, -0.15) is 0 Å². The fraction of sp³-hybridized carbons (Fsp3) is 0.500. The minimum atomic E-state index is -0.538. The van der Waals surface area contributed by atoms with Crippen LogP contribution < -0.4 is 10.1 Å². The first-order valence-corrected chi connectivity index (χ1v) is 11.5. The van der Waals surface area contributed by atoms with Crippen molar-refractivity contribution in [2.75, 3.05) is 5.32 Å². The Morgan fingerprint density at radius 3 is 2.75 bits per heavy atom. The Bertz CT molecular complexity index is 1060. The van der Waals surface area contributed by atoms with E-state index in [0.29, 0.717) is 24.0 Å². The van der Waals surface area contributed by atoms with Crippen molar-refractivity contribution < 1.29 is 24.1 Å². The molecule has 1 amide bonds. The maximum Gasteiger partial charge on any atom is 0.221 e. The highest BCUT2D eigenvalue weighted by atomic mass is 19.1. The van der Waals surface area contributed by atoms with Gasteiger partial charge in [-0.25, -0.2) is 4.39 Å². The van der Waals surface area contributed by atoms with Crippen LogP contribution in [0.2, 0.25) is 0 Å². The summed E-state index contributed by atoms with van der Waals surface area (Å²) in [5.41, 5.74) is 2.25. The lowest BCUT2D eigenvalue weighted by molar-refractivity contribution is -0.114. The van der Waals surface area contributed by atoms with Crippen molar-refractivity contribution in [3.63, 3.8) is 0 Å². The van der Waals surface area contributed by atoms with Crippen molar-refractivity contribution >= 4 is 11.6 Å². The van der Waals surface area contributed by atoms with E-state index in [1.807, 2.05) is 12.1 Å². The number of halogens is 1. The molecule has 3 aliphatic rings. The number of amides is 1. The summed E-state index contributed by atoms with van der Waals surface area (Å²) >= 11 is 0. The second-order valence-electron chi connectivity index (χ2n) is 10.0. The van der Waals surface area contributed by atoms with Crippen LogP contribution in [0.3, 0.4) is 0 Å². The van der Waals surface area contributed by atoms with Gasteiger partial charge in [0.2, 0.25) is 5.91 Å². The summed E-state index contributed by atoms with van der Waals surface area (Å²) in [4.78, 5) is 11.3. The van der Waals surface area contributed by atoms with E-state index in [4.69, 9.17) is 4.74 Å². The van der Waals surface area contributed by atoms with E-state index in [9.17, 15) is 19.4 Å². The largest absolute Gasteiger partial charge is 0.508 e. The number of ether oxygens (including phenoxy) is 1. The predicted octanol–water partition coefficient (Wildman–Crippen LogP) is 4.76. The van der Waals surface area contributed by atoms with Gasteiger partial charge in [0.15, 0.2) is 0 Å². The number of aromatic hydroxyl groups is 1. The maximum atomic E-state index is 14.6. The van der Waals surface area contributed by atoms with Crippen molar-refractivity contribution in [2.45, 2.75) is 64.1 Å². The Morgan fingerprint density at radius 2 is 2.00 bits per heavy atom. The standard InChI is InChI=1S/C26H30FNO4/c1-14(29)28-22-9-5-17(12-21(22)27)32-23-13-26(2)20(8-10-24(26)31)19-6-3-15-11-16(30)4-7-18(15)25(19)23/h4-5,7,9,11-12,19-20,23-25,30-31H,3,6,8,10,13H2,1-2H3,(H,28,29)/t19-,20-,23-,24-,25+,26-/m0/s1. The van der Waals surface area contributed by atoms with E-state index in [2.05, 4.69) is 12.2 Å². The molecule has 32 heavy (non-hydrogen) atoms. The first-order valence-electron chi connectivity index (χ1n) is 11.5. The normalized spacial score (nSPS) is 33.1. The molecule has 2 saturated carbocycles. The average molecular weight is 440 g/mol. The average Bonchev–Trinajstić information content (AvgIpc) is 3.03. The first kappa shape index (κ1) is 21.3. The molecule has 3 N–H and O–H groups in total. The van der Waals surface area contributed by atoms with Gasteiger partial charge in [-0.05, 0) is 79.3 Å². The van der Waals surface area contributed by atoms with E-state index < -0.39 is 5.82 Å². The summed E-state index contributed by atoms with van der Waals surface area (Å²) in [6, 6.07) is 10.1. The van der Waals surface area contributed by atoms with Gasteiger partial charge in [-0.3, -0.25) is 4.79 Å². The van der Waals surface area contributed by atoms with Gasteiger partial charge >= 0.3 is 0 Å². The number of aliphatic hydroxyl groups is 1. The van der Waals surface area contributed by atoms with Crippen molar-refractivity contribution in [3.05, 3.63) is 53.3 Å². The molecule has 170 valence electrons. The van der Waals surface area contributed by atoms with Gasteiger partial charge in [-0.15, -0.1) is 0 Å². The molecule has 0 aliphatic heterocycles. The van der Waals surface area contributed by atoms with E-state index in [0.717, 1.165) is 31.2 Å². The number of hydrogen-bond donors (Lipinski definition) is 3. The molecular weight excluding hydrogens is 409 g/mol. The third kappa shape index (κ3) is 3.45. The van der Waals surface area contributed by atoms with E-state index in [1.54, 1.807) is 12.1 Å². The van der Waals surface area contributed by atoms with Crippen molar-refractivity contribution in [1.82, 2.24) is 0 Å². The molecule has 3 aliphatic carbocycles. The fourth-order valence-corrected chi connectivity index (χ4v) is 6.74. The molecule has 0 heterocycles. The van der Waals surface area contributed by atoms with Gasteiger partial charge in [-0.1, -0.05) is 13.0 Å². The highest BCUT2D eigenvalue weighted by molar-refractivity contribution is 5.88. The van der Waals surface area contributed by atoms with Crippen molar-refractivity contribution in [3.8, 4) is 11.5 Å². The Hall–Kier alpha value is -2.60. The van der Waals surface area contributed by atoms with Crippen molar-refractivity contribution in [2.24, 2.45) is 17.3 Å². The summed E-state index contributed by atoms with van der Waals surface area (Å²) in [7, 11) is 0. The van der Waals surface area contributed by atoms with Gasteiger partial charge in [0.05, 0.1) is 11.8 Å². The van der Waals surface area contributed by atoms with Gasteiger partial charge in [0.1, 0.15) is 23.4 Å². The summed E-state index contributed by atoms with van der Waals surface area (Å²) in [5.74, 6) is 0.737. The van der Waals surface area contributed by atoms with E-state index in [1.165, 1.54) is 24.6 Å². The summed E-state index contributed by atoms with van der Waals surface area (Å²) in [5, 5.41) is 23.3. The highest BCUT2D eigenvalue weighted by Crippen LogP contribution is 2.61. The van der Waals surface area contributed by atoms with Crippen LogP contribution in [0.1, 0.15) is 56.6 Å². The van der Waals surface area contributed by atoms with Crippen LogP contribution >= 0.6 is 0 Å². The molecule has 5 rings (SSSR count). The van der Waals surface area contributed by atoms with Gasteiger partial charge < -0.3 is 20.3 Å². The SMILES string of the molecule is CC(=O)Nc1ccc(O[C@H]2C[C@]3(C)[C@@H](O)CC[C@H]3[C@@H]3CCc4cc(O)ccc4[C@H]32)cc1F. The molecule has 0 unspecified atom stereocenters. The predicted molar refractivity (Wildman–Crippen MR) is 119 cm³/mol. The second-order valence-corrected chi connectivity index (χ2v) is 10.0. The molecule has 6 atom stereocenters. The molecule has 2 aromatic carbocycles. The molecule has 2 aromatic rings. The lowest BCUT2D eigenvalue weighted by Gasteiger charge is -2.53. The van der Waals surface area contributed by atoms with Gasteiger partial charge in [0, 0.05) is 24.3 Å². The minimum absolute atomic E-state index is 0.126. The first-order chi connectivity index (χ1) is 15.3. The molecule has 0 bridgehead atoms. The zero-order valence-electron chi connectivity index (χ0n) is 18.5. The minimum Gasteiger partial charge on any atom is -0.508 e. The number of carbonyl (C=O) groups excluding carboxylic acids is 1. The molecule has 0 saturated heterocycles. The third-order valence-corrected chi connectivity index (χ3v) is 8.15. The molecule has 0 aromatic heterocycles. The quantitative estimate of drug-likeness (QED) is 0.644. The lowest BCUT2D eigenvalue weighted by Crippen LogP contribution is -2.51. The van der Waals surface area contributed by atoms with Crippen LogP contribution in [0.4, 0.5) is 10.1 Å². The second kappa shape index (κ2) is 7.77. The number of aliphatic hydroxyl groups excluding tert-OH is 1. The number of aryl methyl sites for hydroxylation is 1. The molecular formula is C26H30FNO4. The molecule has 5 nitrogen and oxygen atoms in total. The number of phenols is 1. The van der Waals surface area contributed by atoms with Crippen LogP contribution in [-0.4, -0.2) is 28.3 Å². The number of benzene rings is 2. The van der Waals surface area contributed by atoms with Gasteiger partial charge in [0.25, 0.3) is 0 Å². The zero-order chi connectivity index (χ0) is 22.6. The molecule has 2 fully saturated rings. The Kier molecular flexibility index (Phi) is 5.16. The number of phenolic OH excluding ortho intramolecular Hbond substituents is 1. The number of hydrogen-bond acceptors (Lipinski definition) is 4. The lowest BCUT2D eigenvalue weighted by atomic mass is 9.54. The van der Waals surface area contributed by atoms with E-state index >= 15 is 0 Å². The Balaban J connectivity index is 1.51. The van der Waals surface area contributed by atoms with Crippen LogP contribution in [0, 0.1) is 23.1 Å². The monoisotopic (exact) mass is 439 g/mol. The Morgan fingerprint density at radius 1 is 1.19 bits per heavy atom. The number of anilines is 1. The number of rotatable bonds is 3. The van der Waals surface area contributed by atoms with Crippen LogP contribution in [0.5, 0.6) is 11.5 Å². The molecule has 6 heteroatoms. The topological polar surface area (TPSA) is 78.8 Å². The third-order valence-electron chi connectivity index (χ3n) is 8.15. The van der Waals surface area contributed by atoms with Crippen LogP contribution in [-0.2, 0) is 11.2 Å². The maximum absolute atomic E-state index is 14.6. The van der Waals surface area contributed by atoms with Crippen LogP contribution in [0.25, 0.3) is 0 Å². The highest BCUT2D eigenvalue weighted by Gasteiger charge is 2.58. The van der Waals surface area contributed by atoms with Crippen LogP contribution in [0.15, 0.2) is 36.4 Å². The fourth-order valence-electron chi connectivity index (χ4n) is 6.74. The summed E-state index contributed by atoms with van der Waals surface area (Å²) in [6.07, 6.45) is 3.82. The number of carbonyl (C=O) groups is 1. The number of fused-ring (bicyclic) bond motifs is 5. The number of nitrogens with one attached hydrogen (secondary N) is 1. The molecule has 0 radical (unpaired) electrons. The zero-order valence-corrected chi connectivity index (χ0v) is 18.5. The smallest absolute Gasteiger partial charge is 0.221 e.